The van der Waals surface area contributed by atoms with Crippen molar-refractivity contribution in [3.8, 4) is 22.8 Å². The van der Waals surface area contributed by atoms with Gasteiger partial charge in [0, 0.05) is 53.1 Å². The molecular weight excluding hydrogens is 484 g/mol. The maximum absolute atomic E-state index is 11.5. The summed E-state index contributed by atoms with van der Waals surface area (Å²) in [4.78, 5) is 4.74. The number of aromatic nitrogens is 3. The molecule has 0 fully saturated rings. The van der Waals surface area contributed by atoms with Gasteiger partial charge < -0.3 is 14.4 Å². The van der Waals surface area contributed by atoms with E-state index in [0.717, 1.165) is 35.8 Å². The molecule has 0 saturated carbocycles. The maximum atomic E-state index is 11.5. The summed E-state index contributed by atoms with van der Waals surface area (Å²) in [5, 5.41) is 8.88. The number of hydrogen-bond donors (Lipinski definition) is 1. The molecule has 0 spiro atoms. The van der Waals surface area contributed by atoms with Crippen LogP contribution in [0.3, 0.4) is 0 Å². The van der Waals surface area contributed by atoms with E-state index in [-0.39, 0.29) is 24.2 Å². The van der Waals surface area contributed by atoms with Crippen molar-refractivity contribution in [2.24, 2.45) is 0 Å². The van der Waals surface area contributed by atoms with Gasteiger partial charge in [-0.15, -0.1) is 12.4 Å². The van der Waals surface area contributed by atoms with E-state index in [0.29, 0.717) is 24.3 Å². The Morgan fingerprint density at radius 3 is 2.80 bits per heavy atom. The van der Waals surface area contributed by atoms with Crippen LogP contribution in [0.4, 0.5) is 0 Å². The van der Waals surface area contributed by atoms with E-state index in [9.17, 15) is 8.42 Å². The predicted octanol–water partition coefficient (Wildman–Crippen LogP) is 5.37. The van der Waals surface area contributed by atoms with Crippen LogP contribution in [0, 0.1) is 0 Å². The van der Waals surface area contributed by atoms with Gasteiger partial charge in [-0.1, -0.05) is 23.4 Å². The van der Waals surface area contributed by atoms with Crippen LogP contribution in [-0.2, 0) is 16.3 Å². The molecule has 1 atom stereocenters. The van der Waals surface area contributed by atoms with E-state index in [4.69, 9.17) is 9.51 Å². The number of nitrogens with zero attached hydrogens (tertiary/aromatic N) is 3. The molecule has 0 radical (unpaired) electrons. The molecule has 0 amide bonds. The van der Waals surface area contributed by atoms with Crippen molar-refractivity contribution < 1.29 is 12.9 Å². The van der Waals surface area contributed by atoms with Gasteiger partial charge >= 0.3 is 0 Å². The fraction of sp³-hybridized carbons (Fsp3) is 0.385. The van der Waals surface area contributed by atoms with Crippen molar-refractivity contribution in [1.82, 2.24) is 20.0 Å². The number of fused-ring (bicyclic) bond motifs is 2. The number of hydrogen-bond acceptors (Lipinski definition) is 6. The van der Waals surface area contributed by atoms with Crippen LogP contribution in [0.25, 0.3) is 33.7 Å². The number of sulfone groups is 1. The molecule has 35 heavy (non-hydrogen) atoms. The van der Waals surface area contributed by atoms with Crippen LogP contribution in [0.1, 0.15) is 49.9 Å². The fourth-order valence-corrected chi connectivity index (χ4v) is 5.37. The third-order valence-corrected chi connectivity index (χ3v) is 7.51. The van der Waals surface area contributed by atoms with Crippen molar-refractivity contribution >= 4 is 33.1 Å². The second kappa shape index (κ2) is 10.1. The molecule has 1 aliphatic carbocycles. The van der Waals surface area contributed by atoms with Gasteiger partial charge in [-0.25, -0.2) is 8.42 Å². The van der Waals surface area contributed by atoms with Crippen LogP contribution in [0.5, 0.6) is 0 Å². The highest BCUT2D eigenvalue weighted by Crippen LogP contribution is 2.36. The van der Waals surface area contributed by atoms with Gasteiger partial charge in [-0.2, -0.15) is 4.98 Å². The first-order chi connectivity index (χ1) is 16.3. The SMILES string of the molecule is CC(C)n1ccc2cc(-c3nc(-c4cccc5c4CCCC5NCCS(C)(=O)=O)no3)ccc21.Cl. The normalized spacial score (nSPS) is 15.8. The molecule has 1 N–H and O–H groups in total. The summed E-state index contributed by atoms with van der Waals surface area (Å²) < 4.78 is 30.9. The average Bonchev–Trinajstić information content (AvgIpc) is 3.45. The molecule has 2 aromatic carbocycles. The summed E-state index contributed by atoms with van der Waals surface area (Å²) >= 11 is 0. The fourth-order valence-electron chi connectivity index (χ4n) is 4.89. The molecule has 5 rings (SSSR count). The molecule has 0 aliphatic heterocycles. The van der Waals surface area contributed by atoms with E-state index in [2.05, 4.69) is 59.4 Å². The molecule has 186 valence electrons. The minimum absolute atomic E-state index is 0. The third kappa shape index (κ3) is 5.29. The van der Waals surface area contributed by atoms with Gasteiger partial charge in [-0.05, 0) is 68.5 Å². The molecule has 1 aliphatic rings. The number of nitrogens with one attached hydrogen (secondary N) is 1. The van der Waals surface area contributed by atoms with E-state index in [1.165, 1.54) is 22.9 Å². The zero-order valence-electron chi connectivity index (χ0n) is 20.2. The van der Waals surface area contributed by atoms with Crippen LogP contribution < -0.4 is 5.32 Å². The third-order valence-electron chi connectivity index (χ3n) is 6.56. The highest BCUT2D eigenvalue weighted by atomic mass is 35.5. The number of halogens is 1. The lowest BCUT2D eigenvalue weighted by molar-refractivity contribution is 0.432. The molecule has 4 aromatic rings. The number of rotatable bonds is 7. The van der Waals surface area contributed by atoms with Crippen molar-refractivity contribution in [3.05, 3.63) is 59.8 Å². The van der Waals surface area contributed by atoms with E-state index in [1.54, 1.807) is 0 Å². The van der Waals surface area contributed by atoms with E-state index >= 15 is 0 Å². The summed E-state index contributed by atoms with van der Waals surface area (Å²) in [7, 11) is -2.99. The zero-order chi connectivity index (χ0) is 23.9. The Labute approximate surface area is 212 Å². The summed E-state index contributed by atoms with van der Waals surface area (Å²) in [5.74, 6) is 1.23. The van der Waals surface area contributed by atoms with Gasteiger partial charge in [0.25, 0.3) is 5.89 Å². The summed E-state index contributed by atoms with van der Waals surface area (Å²) in [6, 6.07) is 15.0. The quantitative estimate of drug-likeness (QED) is 0.356. The lowest BCUT2D eigenvalue weighted by atomic mass is 9.84. The van der Waals surface area contributed by atoms with Gasteiger partial charge in [0.1, 0.15) is 9.84 Å². The zero-order valence-corrected chi connectivity index (χ0v) is 21.8. The second-order valence-electron chi connectivity index (χ2n) is 9.42. The number of benzene rings is 2. The minimum Gasteiger partial charge on any atom is -0.345 e. The predicted molar refractivity (Wildman–Crippen MR) is 142 cm³/mol. The summed E-state index contributed by atoms with van der Waals surface area (Å²) in [6.45, 7) is 4.79. The second-order valence-corrected chi connectivity index (χ2v) is 11.7. The molecule has 0 bridgehead atoms. The van der Waals surface area contributed by atoms with E-state index in [1.807, 2.05) is 18.2 Å². The van der Waals surface area contributed by atoms with Crippen LogP contribution in [0.15, 0.2) is 53.2 Å². The highest BCUT2D eigenvalue weighted by Gasteiger charge is 2.24. The first-order valence-corrected chi connectivity index (χ1v) is 13.8. The Bertz CT molecular complexity index is 1440. The Balaban J connectivity index is 0.00000289. The highest BCUT2D eigenvalue weighted by molar-refractivity contribution is 7.90. The van der Waals surface area contributed by atoms with Gasteiger partial charge in [0.15, 0.2) is 0 Å². The molecule has 0 saturated heterocycles. The Morgan fingerprint density at radius 1 is 1.20 bits per heavy atom. The van der Waals surface area contributed by atoms with E-state index < -0.39 is 9.84 Å². The maximum Gasteiger partial charge on any atom is 0.258 e. The molecule has 2 heterocycles. The van der Waals surface area contributed by atoms with Crippen molar-refractivity contribution in [1.29, 1.82) is 0 Å². The first kappa shape index (κ1) is 25.4. The van der Waals surface area contributed by atoms with Gasteiger partial charge in [0.2, 0.25) is 5.82 Å². The molecule has 2 aromatic heterocycles. The Morgan fingerprint density at radius 2 is 2.03 bits per heavy atom. The first-order valence-electron chi connectivity index (χ1n) is 11.8. The largest absolute Gasteiger partial charge is 0.345 e. The van der Waals surface area contributed by atoms with Crippen LogP contribution in [-0.4, -0.2) is 41.7 Å². The Hall–Kier alpha value is -2.68. The van der Waals surface area contributed by atoms with Crippen molar-refractivity contribution in [3.63, 3.8) is 0 Å². The summed E-state index contributed by atoms with van der Waals surface area (Å²) in [5.41, 5.74) is 5.47. The van der Waals surface area contributed by atoms with Crippen LogP contribution in [0.2, 0.25) is 0 Å². The van der Waals surface area contributed by atoms with Crippen LogP contribution >= 0.6 is 12.4 Å². The van der Waals surface area contributed by atoms with Gasteiger partial charge in [-0.3, -0.25) is 0 Å². The lowest BCUT2D eigenvalue weighted by Crippen LogP contribution is -2.29. The topological polar surface area (TPSA) is 90.0 Å². The summed E-state index contributed by atoms with van der Waals surface area (Å²) in [6.07, 6.45) is 6.32. The minimum atomic E-state index is -2.99. The average molecular weight is 515 g/mol. The molecular formula is C26H31ClN4O3S. The smallest absolute Gasteiger partial charge is 0.258 e. The molecule has 7 nitrogen and oxygen atoms in total. The standard InChI is InChI=1S/C26H30N4O3S.ClH/c1-17(2)30-14-12-18-16-19(10-11-24(18)30)26-28-25(29-33-26)22-8-4-7-21-20(22)6-5-9-23(21)27-13-15-34(3,31)32;/h4,7-8,10-12,14,16-17,23,27H,5-6,9,13,15H2,1-3H3;1H. The van der Waals surface area contributed by atoms with Crippen molar-refractivity contribution in [2.75, 3.05) is 18.6 Å². The molecule has 9 heteroatoms. The lowest BCUT2D eigenvalue weighted by Gasteiger charge is -2.27. The molecule has 1 unspecified atom stereocenters. The van der Waals surface area contributed by atoms with Gasteiger partial charge in [0.05, 0.1) is 5.75 Å². The monoisotopic (exact) mass is 514 g/mol. The van der Waals surface area contributed by atoms with Crippen molar-refractivity contribution in [2.45, 2.75) is 45.2 Å². The Kier molecular flexibility index (Phi) is 7.35.